The van der Waals surface area contributed by atoms with Gasteiger partial charge in [-0.3, -0.25) is 9.80 Å². The second-order valence-electron chi connectivity index (χ2n) is 5.92. The molecule has 0 saturated carbocycles. The molecule has 3 rings (SSSR count). The monoisotopic (exact) mass is 394 g/mol. The fourth-order valence-corrected chi connectivity index (χ4v) is 3.50. The van der Waals surface area contributed by atoms with E-state index in [4.69, 9.17) is 11.6 Å². The number of piperazine rings is 1. The maximum Gasteiger partial charge on any atom is 0.120 e. The lowest BCUT2D eigenvalue weighted by molar-refractivity contribution is 0.121. The first-order chi connectivity index (χ1) is 11.1. The molecule has 1 aliphatic rings. The second-order valence-corrected chi connectivity index (χ2v) is 7.24. The topological polar surface area (TPSA) is 26.7 Å². The number of hydrogen-bond acceptors (Lipinski definition) is 3. The van der Waals surface area contributed by atoms with Crippen LogP contribution in [-0.4, -0.2) is 41.1 Å². The Balaban J connectivity index is 1.54. The van der Waals surface area contributed by atoms with Gasteiger partial charge in [-0.2, -0.15) is 0 Å². The zero-order valence-electron chi connectivity index (χ0n) is 12.9. The van der Waals surface area contributed by atoms with Crippen molar-refractivity contribution in [2.24, 2.45) is 0 Å². The van der Waals surface area contributed by atoms with Gasteiger partial charge < -0.3 is 5.11 Å². The van der Waals surface area contributed by atoms with E-state index in [2.05, 4.69) is 31.8 Å². The molecule has 23 heavy (non-hydrogen) atoms. The Morgan fingerprint density at radius 3 is 2.17 bits per heavy atom. The van der Waals surface area contributed by atoms with Crippen molar-refractivity contribution in [3.63, 3.8) is 0 Å². The molecule has 0 radical (unpaired) electrons. The van der Waals surface area contributed by atoms with Gasteiger partial charge >= 0.3 is 0 Å². The van der Waals surface area contributed by atoms with Gasteiger partial charge in [0.2, 0.25) is 0 Å². The lowest BCUT2D eigenvalue weighted by atomic mass is 10.1. The van der Waals surface area contributed by atoms with E-state index in [1.165, 1.54) is 5.56 Å². The van der Waals surface area contributed by atoms with Gasteiger partial charge in [-0.15, -0.1) is 0 Å². The third-order valence-electron chi connectivity index (χ3n) is 4.25. The summed E-state index contributed by atoms with van der Waals surface area (Å²) in [4.78, 5) is 4.81. The van der Waals surface area contributed by atoms with Crippen LogP contribution in [0.3, 0.4) is 0 Å². The van der Waals surface area contributed by atoms with Crippen LogP contribution in [0.5, 0.6) is 5.75 Å². The minimum atomic E-state index is 0.367. The van der Waals surface area contributed by atoms with Crippen molar-refractivity contribution in [2.75, 3.05) is 26.2 Å². The Morgan fingerprint density at radius 2 is 1.52 bits per heavy atom. The summed E-state index contributed by atoms with van der Waals surface area (Å²) in [6, 6.07) is 13.6. The summed E-state index contributed by atoms with van der Waals surface area (Å²) < 4.78 is 1.00. The lowest BCUT2D eigenvalue weighted by Crippen LogP contribution is -2.45. The van der Waals surface area contributed by atoms with Crippen LogP contribution in [0.1, 0.15) is 11.1 Å². The van der Waals surface area contributed by atoms with Crippen LogP contribution < -0.4 is 0 Å². The van der Waals surface area contributed by atoms with Crippen LogP contribution in [-0.2, 0) is 13.1 Å². The molecule has 0 amide bonds. The Morgan fingerprint density at radius 1 is 0.913 bits per heavy atom. The Bertz CT molecular complexity index is 672. The molecule has 0 aliphatic carbocycles. The quantitative estimate of drug-likeness (QED) is 0.843. The van der Waals surface area contributed by atoms with Gasteiger partial charge in [0.1, 0.15) is 5.75 Å². The summed E-state index contributed by atoms with van der Waals surface area (Å²) in [5.74, 6) is 0.367. The summed E-state index contributed by atoms with van der Waals surface area (Å²) >= 11 is 9.71. The van der Waals surface area contributed by atoms with E-state index in [1.54, 1.807) is 6.07 Å². The van der Waals surface area contributed by atoms with Crippen LogP contribution >= 0.6 is 27.5 Å². The van der Waals surface area contributed by atoms with Crippen molar-refractivity contribution >= 4 is 27.5 Å². The molecular weight excluding hydrogens is 376 g/mol. The zero-order chi connectivity index (χ0) is 16.2. The van der Waals surface area contributed by atoms with Crippen LogP contribution in [0.25, 0.3) is 0 Å². The molecule has 0 atom stereocenters. The molecule has 1 fully saturated rings. The third-order valence-corrected chi connectivity index (χ3v) is 5.11. The third kappa shape index (κ3) is 4.48. The number of phenols is 1. The van der Waals surface area contributed by atoms with Crippen LogP contribution in [0, 0.1) is 0 Å². The van der Waals surface area contributed by atoms with E-state index < -0.39 is 0 Å². The number of nitrogens with zero attached hydrogens (tertiary/aromatic N) is 2. The maximum absolute atomic E-state index is 9.97. The van der Waals surface area contributed by atoms with Gasteiger partial charge in [-0.25, -0.2) is 0 Å². The normalized spacial score (nSPS) is 16.6. The number of rotatable bonds is 4. The highest BCUT2D eigenvalue weighted by Crippen LogP contribution is 2.24. The smallest absolute Gasteiger partial charge is 0.120 e. The molecule has 0 spiro atoms. The predicted octanol–water partition coefficient (Wildman–Crippen LogP) is 4.13. The number of halogens is 2. The average Bonchev–Trinajstić information content (AvgIpc) is 2.55. The molecule has 1 N–H and O–H groups in total. The predicted molar refractivity (Wildman–Crippen MR) is 97.8 cm³/mol. The second kappa shape index (κ2) is 7.67. The SMILES string of the molecule is Oc1ccc(Br)cc1CN1CCN(Cc2ccccc2Cl)CC1. The van der Waals surface area contributed by atoms with Gasteiger partial charge in [0, 0.05) is 54.3 Å². The highest BCUT2D eigenvalue weighted by Gasteiger charge is 2.18. The van der Waals surface area contributed by atoms with Gasteiger partial charge in [0.15, 0.2) is 0 Å². The summed E-state index contributed by atoms with van der Waals surface area (Å²) in [6.45, 7) is 5.70. The van der Waals surface area contributed by atoms with E-state index in [-0.39, 0.29) is 0 Å². The van der Waals surface area contributed by atoms with Crippen molar-refractivity contribution in [1.82, 2.24) is 9.80 Å². The number of hydrogen-bond donors (Lipinski definition) is 1. The van der Waals surface area contributed by atoms with Gasteiger partial charge in [-0.05, 0) is 29.8 Å². The molecule has 1 aliphatic heterocycles. The molecule has 1 heterocycles. The fourth-order valence-electron chi connectivity index (χ4n) is 2.89. The van der Waals surface area contributed by atoms with Crippen molar-refractivity contribution in [3.05, 3.63) is 63.1 Å². The van der Waals surface area contributed by atoms with E-state index in [0.29, 0.717) is 5.75 Å². The highest BCUT2D eigenvalue weighted by molar-refractivity contribution is 9.10. The fraction of sp³-hybridized carbons (Fsp3) is 0.333. The summed E-state index contributed by atoms with van der Waals surface area (Å²) in [5.41, 5.74) is 2.16. The first kappa shape index (κ1) is 16.8. The van der Waals surface area contributed by atoms with Crippen molar-refractivity contribution < 1.29 is 5.11 Å². The molecule has 5 heteroatoms. The molecule has 2 aromatic carbocycles. The standard InChI is InChI=1S/C18H20BrClN2O/c19-16-5-6-18(23)15(11-16)13-22-9-7-21(8-10-22)12-14-3-1-2-4-17(14)20/h1-6,11,23H,7-10,12-13H2. The number of phenolic OH excluding ortho intramolecular Hbond substituents is 1. The number of aromatic hydroxyl groups is 1. The van der Waals surface area contributed by atoms with E-state index in [9.17, 15) is 5.11 Å². The molecule has 3 nitrogen and oxygen atoms in total. The number of benzene rings is 2. The highest BCUT2D eigenvalue weighted by atomic mass is 79.9. The average molecular weight is 396 g/mol. The summed E-state index contributed by atoms with van der Waals surface area (Å²) in [7, 11) is 0. The van der Waals surface area contributed by atoms with Crippen LogP contribution in [0.2, 0.25) is 5.02 Å². The van der Waals surface area contributed by atoms with Gasteiger partial charge in [0.25, 0.3) is 0 Å². The minimum Gasteiger partial charge on any atom is -0.508 e. The Kier molecular flexibility index (Phi) is 5.59. The minimum absolute atomic E-state index is 0.367. The Labute approximate surface area is 150 Å². The van der Waals surface area contributed by atoms with Crippen LogP contribution in [0.15, 0.2) is 46.9 Å². The summed E-state index contributed by atoms with van der Waals surface area (Å²) in [5, 5.41) is 10.8. The van der Waals surface area contributed by atoms with E-state index in [1.807, 2.05) is 30.3 Å². The van der Waals surface area contributed by atoms with Gasteiger partial charge in [0.05, 0.1) is 0 Å². The Hall–Kier alpha value is -1.07. The largest absolute Gasteiger partial charge is 0.508 e. The molecule has 0 unspecified atom stereocenters. The van der Waals surface area contributed by atoms with Crippen molar-refractivity contribution in [2.45, 2.75) is 13.1 Å². The van der Waals surface area contributed by atoms with Crippen LogP contribution in [0.4, 0.5) is 0 Å². The molecule has 0 aromatic heterocycles. The zero-order valence-corrected chi connectivity index (χ0v) is 15.2. The van der Waals surface area contributed by atoms with E-state index >= 15 is 0 Å². The van der Waals surface area contributed by atoms with Crippen molar-refractivity contribution in [3.8, 4) is 5.75 Å². The molecular formula is C18H20BrClN2O. The molecule has 1 saturated heterocycles. The first-order valence-electron chi connectivity index (χ1n) is 7.77. The molecule has 0 bridgehead atoms. The molecule has 2 aromatic rings. The molecule has 122 valence electrons. The first-order valence-corrected chi connectivity index (χ1v) is 8.94. The van der Waals surface area contributed by atoms with Gasteiger partial charge in [-0.1, -0.05) is 45.7 Å². The lowest BCUT2D eigenvalue weighted by Gasteiger charge is -2.35. The van der Waals surface area contributed by atoms with E-state index in [0.717, 1.165) is 54.3 Å². The maximum atomic E-state index is 9.97. The van der Waals surface area contributed by atoms with Crippen molar-refractivity contribution in [1.29, 1.82) is 0 Å². The summed E-state index contributed by atoms with van der Waals surface area (Å²) in [6.07, 6.45) is 0.